The van der Waals surface area contributed by atoms with Crippen molar-refractivity contribution in [2.24, 2.45) is 0 Å². The average Bonchev–Trinajstić information content (AvgIpc) is 2.35. The van der Waals surface area contributed by atoms with Crippen LogP contribution in [0.2, 0.25) is 0 Å². The van der Waals surface area contributed by atoms with E-state index in [-0.39, 0.29) is 5.75 Å². The van der Waals surface area contributed by atoms with E-state index in [0.29, 0.717) is 6.42 Å². The molecule has 0 saturated heterocycles. The van der Waals surface area contributed by atoms with E-state index in [1.54, 1.807) is 6.92 Å². The van der Waals surface area contributed by atoms with Gasteiger partial charge in [-0.05, 0) is 13.3 Å². The van der Waals surface area contributed by atoms with Gasteiger partial charge < -0.3 is 20.6 Å². The highest BCUT2D eigenvalue weighted by Gasteiger charge is 2.32. The zero-order valence-corrected chi connectivity index (χ0v) is 11.9. The molecule has 0 fully saturated rings. The predicted molar refractivity (Wildman–Crippen MR) is 68.8 cm³/mol. The lowest BCUT2D eigenvalue weighted by molar-refractivity contribution is -0.126. The molecule has 19 heavy (non-hydrogen) atoms. The van der Waals surface area contributed by atoms with Gasteiger partial charge >= 0.3 is 0 Å². The third-order valence-electron chi connectivity index (χ3n) is 2.52. The van der Waals surface area contributed by atoms with Gasteiger partial charge in [-0.15, -0.1) is 0 Å². The van der Waals surface area contributed by atoms with Crippen LogP contribution in [0, 0.1) is 0 Å². The van der Waals surface area contributed by atoms with Crippen LogP contribution in [0.1, 0.15) is 20.3 Å². The summed E-state index contributed by atoms with van der Waals surface area (Å²) >= 11 is 0. The first-order valence-electron chi connectivity index (χ1n) is 5.90. The second-order valence-electron chi connectivity index (χ2n) is 4.40. The Kier molecular flexibility index (Phi) is 7.45. The fourth-order valence-electron chi connectivity index (χ4n) is 1.29. The average molecular weight is 298 g/mol. The van der Waals surface area contributed by atoms with Crippen LogP contribution < -0.4 is 10.0 Å². The molecule has 0 aliphatic carbocycles. The summed E-state index contributed by atoms with van der Waals surface area (Å²) in [6.45, 7) is 1.03. The molecule has 1 amide bonds. The first-order valence-corrected chi connectivity index (χ1v) is 7.55. The normalized spacial score (nSPS) is 14.2. The molecular weight excluding hydrogens is 276 g/mol. The van der Waals surface area contributed by atoms with Gasteiger partial charge in [-0.3, -0.25) is 4.79 Å². The standard InChI is InChI=1S/C10H22N2O6S/c1-3-4-19(17,18)12-8(2)9(16)11-10(5-13,6-14)7-15/h8,12-15H,3-7H2,1-2H3,(H,11,16). The largest absolute Gasteiger partial charge is 0.394 e. The number of hydrogen-bond acceptors (Lipinski definition) is 6. The molecule has 0 aliphatic heterocycles. The lowest BCUT2D eigenvalue weighted by atomic mass is 10.0. The van der Waals surface area contributed by atoms with E-state index in [0.717, 1.165) is 0 Å². The fourth-order valence-corrected chi connectivity index (χ4v) is 2.59. The van der Waals surface area contributed by atoms with E-state index in [1.165, 1.54) is 6.92 Å². The molecule has 0 radical (unpaired) electrons. The van der Waals surface area contributed by atoms with E-state index in [9.17, 15) is 13.2 Å². The van der Waals surface area contributed by atoms with Crippen LogP contribution in [0.4, 0.5) is 0 Å². The minimum absolute atomic E-state index is 0.101. The Morgan fingerprint density at radius 3 is 2.05 bits per heavy atom. The molecule has 1 atom stereocenters. The Bertz CT molecular complexity index is 371. The third-order valence-corrected chi connectivity index (χ3v) is 4.18. The maximum Gasteiger partial charge on any atom is 0.238 e. The Balaban J connectivity index is 4.67. The van der Waals surface area contributed by atoms with Crippen LogP contribution in [0.3, 0.4) is 0 Å². The Morgan fingerprint density at radius 1 is 1.21 bits per heavy atom. The van der Waals surface area contributed by atoms with Gasteiger partial charge in [0.2, 0.25) is 15.9 Å². The van der Waals surface area contributed by atoms with Gasteiger partial charge in [0.15, 0.2) is 0 Å². The summed E-state index contributed by atoms with van der Waals surface area (Å²) in [6, 6.07) is -1.07. The summed E-state index contributed by atoms with van der Waals surface area (Å²) < 4.78 is 25.1. The number of hydrogen-bond donors (Lipinski definition) is 5. The van der Waals surface area contributed by atoms with Gasteiger partial charge in [-0.1, -0.05) is 6.92 Å². The Labute approximate surface area is 112 Å². The zero-order chi connectivity index (χ0) is 15.1. The summed E-state index contributed by atoms with van der Waals surface area (Å²) in [5.74, 6) is -0.840. The summed E-state index contributed by atoms with van der Waals surface area (Å²) in [4.78, 5) is 11.7. The number of aliphatic hydroxyl groups excluding tert-OH is 3. The maximum absolute atomic E-state index is 11.7. The van der Waals surface area contributed by atoms with Crippen molar-refractivity contribution in [2.75, 3.05) is 25.6 Å². The van der Waals surface area contributed by atoms with Crippen molar-refractivity contribution in [2.45, 2.75) is 31.8 Å². The quantitative estimate of drug-likeness (QED) is 0.320. The number of sulfonamides is 1. The minimum atomic E-state index is -3.55. The smallest absolute Gasteiger partial charge is 0.238 e. The first-order chi connectivity index (χ1) is 8.75. The summed E-state index contributed by atoms with van der Waals surface area (Å²) in [7, 11) is -3.55. The molecule has 9 heteroatoms. The van der Waals surface area contributed by atoms with E-state index in [1.807, 2.05) is 0 Å². The van der Waals surface area contributed by atoms with Gasteiger partial charge in [0, 0.05) is 0 Å². The monoisotopic (exact) mass is 298 g/mol. The van der Waals surface area contributed by atoms with Crippen LogP contribution in [-0.2, 0) is 14.8 Å². The number of amides is 1. The van der Waals surface area contributed by atoms with Crippen molar-refractivity contribution in [1.82, 2.24) is 10.0 Å². The molecule has 5 N–H and O–H groups in total. The van der Waals surface area contributed by atoms with Gasteiger partial charge in [0.1, 0.15) is 5.54 Å². The zero-order valence-electron chi connectivity index (χ0n) is 11.1. The molecule has 0 saturated carbocycles. The number of rotatable bonds is 9. The molecule has 0 bridgehead atoms. The highest BCUT2D eigenvalue weighted by Crippen LogP contribution is 2.03. The molecule has 114 valence electrons. The fraction of sp³-hybridized carbons (Fsp3) is 0.900. The van der Waals surface area contributed by atoms with Crippen LogP contribution in [0.25, 0.3) is 0 Å². The highest BCUT2D eigenvalue weighted by atomic mass is 32.2. The summed E-state index contributed by atoms with van der Waals surface area (Å²) in [5, 5.41) is 29.4. The van der Waals surface area contributed by atoms with Crippen LogP contribution in [0.5, 0.6) is 0 Å². The summed E-state index contributed by atoms with van der Waals surface area (Å²) in [6.07, 6.45) is 0.414. The number of aliphatic hydroxyl groups is 3. The Morgan fingerprint density at radius 2 is 1.68 bits per heavy atom. The molecule has 0 heterocycles. The molecule has 0 aliphatic rings. The van der Waals surface area contributed by atoms with Crippen LogP contribution in [-0.4, -0.2) is 66.8 Å². The SMILES string of the molecule is CCCS(=O)(=O)NC(C)C(=O)NC(CO)(CO)CO. The number of carbonyl (C=O) groups excluding carboxylic acids is 1. The van der Waals surface area contributed by atoms with Gasteiger partial charge in [-0.25, -0.2) is 13.1 Å². The topological polar surface area (TPSA) is 136 Å². The second-order valence-corrected chi connectivity index (χ2v) is 6.28. The maximum atomic E-state index is 11.7. The van der Waals surface area contributed by atoms with Crippen molar-refractivity contribution in [3.8, 4) is 0 Å². The first kappa shape index (κ1) is 18.3. The molecule has 0 aromatic carbocycles. The van der Waals surface area contributed by atoms with Gasteiger partial charge in [0.25, 0.3) is 0 Å². The van der Waals surface area contributed by atoms with Crippen molar-refractivity contribution in [1.29, 1.82) is 0 Å². The molecule has 8 nitrogen and oxygen atoms in total. The van der Waals surface area contributed by atoms with Crippen LogP contribution in [0.15, 0.2) is 0 Å². The molecule has 0 aromatic heterocycles. The lowest BCUT2D eigenvalue weighted by Crippen LogP contribution is -2.60. The number of nitrogens with one attached hydrogen (secondary N) is 2. The Hall–Kier alpha value is -0.740. The second kappa shape index (κ2) is 7.75. The van der Waals surface area contributed by atoms with E-state index < -0.39 is 47.3 Å². The molecule has 0 spiro atoms. The summed E-state index contributed by atoms with van der Waals surface area (Å²) in [5.41, 5.74) is -1.57. The van der Waals surface area contributed by atoms with Crippen molar-refractivity contribution < 1.29 is 28.5 Å². The van der Waals surface area contributed by atoms with Gasteiger partial charge in [-0.2, -0.15) is 0 Å². The predicted octanol–water partition coefficient (Wildman–Crippen LogP) is -2.46. The van der Waals surface area contributed by atoms with E-state index in [4.69, 9.17) is 15.3 Å². The van der Waals surface area contributed by atoms with Crippen LogP contribution >= 0.6 is 0 Å². The van der Waals surface area contributed by atoms with Crippen molar-refractivity contribution >= 4 is 15.9 Å². The van der Waals surface area contributed by atoms with E-state index in [2.05, 4.69) is 10.0 Å². The minimum Gasteiger partial charge on any atom is -0.394 e. The lowest BCUT2D eigenvalue weighted by Gasteiger charge is -2.30. The van der Waals surface area contributed by atoms with Gasteiger partial charge in [0.05, 0.1) is 31.6 Å². The molecular formula is C10H22N2O6S. The highest BCUT2D eigenvalue weighted by molar-refractivity contribution is 7.89. The molecule has 0 aromatic rings. The van der Waals surface area contributed by atoms with E-state index >= 15 is 0 Å². The number of carbonyl (C=O) groups is 1. The third kappa shape index (κ3) is 5.83. The van der Waals surface area contributed by atoms with Crippen molar-refractivity contribution in [3.63, 3.8) is 0 Å². The molecule has 0 rings (SSSR count). The van der Waals surface area contributed by atoms with Crippen molar-refractivity contribution in [3.05, 3.63) is 0 Å². The molecule has 1 unspecified atom stereocenters.